The molecular formula is C18H14ClN3O3S. The van der Waals surface area contributed by atoms with Gasteiger partial charge in [0.1, 0.15) is 5.75 Å². The fourth-order valence-electron chi connectivity index (χ4n) is 2.19. The van der Waals surface area contributed by atoms with E-state index in [4.69, 9.17) is 21.7 Å². The number of amides is 2. The van der Waals surface area contributed by atoms with Crippen molar-refractivity contribution in [2.75, 3.05) is 11.9 Å². The Balaban J connectivity index is 1.66. The van der Waals surface area contributed by atoms with Crippen LogP contribution >= 0.6 is 23.4 Å². The Kier molecular flexibility index (Phi) is 5.60. The maximum Gasteiger partial charge on any atom is 0.264 e. The second-order valence-corrected chi connectivity index (χ2v) is 6.76. The second-order valence-electron chi connectivity index (χ2n) is 5.28. The first-order chi connectivity index (χ1) is 12.5. The highest BCUT2D eigenvalue weighted by molar-refractivity contribution is 8.18. The van der Waals surface area contributed by atoms with E-state index in [0.29, 0.717) is 26.9 Å². The van der Waals surface area contributed by atoms with Crippen LogP contribution in [0, 0.1) is 5.41 Å². The van der Waals surface area contributed by atoms with Crippen LogP contribution in [0.25, 0.3) is 6.08 Å². The molecule has 1 aliphatic rings. The summed E-state index contributed by atoms with van der Waals surface area (Å²) in [7, 11) is 0. The first-order valence-corrected chi connectivity index (χ1v) is 8.77. The molecule has 26 heavy (non-hydrogen) atoms. The summed E-state index contributed by atoms with van der Waals surface area (Å²) in [5, 5.41) is 13.3. The molecule has 0 aliphatic carbocycles. The van der Waals surface area contributed by atoms with Crippen molar-refractivity contribution in [1.82, 2.24) is 5.32 Å². The second kappa shape index (κ2) is 8.07. The van der Waals surface area contributed by atoms with Crippen molar-refractivity contribution in [3.05, 3.63) is 64.0 Å². The number of para-hydroxylation sites is 1. The average molecular weight is 388 g/mol. The number of benzene rings is 2. The van der Waals surface area contributed by atoms with Crippen molar-refractivity contribution in [3.63, 3.8) is 0 Å². The lowest BCUT2D eigenvalue weighted by Gasteiger charge is -2.10. The number of amidine groups is 1. The van der Waals surface area contributed by atoms with Crippen molar-refractivity contribution in [1.29, 1.82) is 5.41 Å². The smallest absolute Gasteiger partial charge is 0.264 e. The van der Waals surface area contributed by atoms with Gasteiger partial charge in [-0.3, -0.25) is 15.0 Å². The van der Waals surface area contributed by atoms with Crippen LogP contribution in [-0.4, -0.2) is 23.6 Å². The molecule has 0 atom stereocenters. The van der Waals surface area contributed by atoms with E-state index in [2.05, 4.69) is 10.6 Å². The number of anilines is 1. The third kappa shape index (κ3) is 4.65. The summed E-state index contributed by atoms with van der Waals surface area (Å²) in [6, 6.07) is 13.8. The standard InChI is InChI=1S/C18H14ClN3O3S/c19-12-5-7-13(8-6-12)21-16(23)10-25-14-4-2-1-3-11(14)9-15-17(24)22-18(20)26-15/h1-9H,10H2,(H,21,23)(H2,20,22,24). The van der Waals surface area contributed by atoms with Crippen molar-refractivity contribution in [3.8, 4) is 5.75 Å². The molecule has 0 unspecified atom stereocenters. The maximum absolute atomic E-state index is 12.0. The number of hydrogen-bond acceptors (Lipinski definition) is 5. The monoisotopic (exact) mass is 387 g/mol. The van der Waals surface area contributed by atoms with E-state index < -0.39 is 0 Å². The van der Waals surface area contributed by atoms with Gasteiger partial charge in [-0.05, 0) is 48.2 Å². The Labute approximate surface area is 159 Å². The Bertz CT molecular complexity index is 897. The average Bonchev–Trinajstić information content (AvgIpc) is 2.93. The zero-order valence-electron chi connectivity index (χ0n) is 13.4. The predicted octanol–water partition coefficient (Wildman–Crippen LogP) is 3.50. The number of rotatable bonds is 5. The van der Waals surface area contributed by atoms with E-state index in [1.807, 2.05) is 0 Å². The van der Waals surface area contributed by atoms with E-state index in [1.54, 1.807) is 54.6 Å². The van der Waals surface area contributed by atoms with Gasteiger partial charge in [-0.15, -0.1) is 0 Å². The minimum absolute atomic E-state index is 0.0852. The lowest BCUT2D eigenvalue weighted by atomic mass is 10.2. The van der Waals surface area contributed by atoms with Gasteiger partial charge in [0.15, 0.2) is 11.8 Å². The topological polar surface area (TPSA) is 91.3 Å². The molecule has 2 aromatic carbocycles. The number of ether oxygens (including phenoxy) is 1. The lowest BCUT2D eigenvalue weighted by Crippen LogP contribution is -2.20. The first kappa shape index (κ1) is 18.0. The molecule has 0 bridgehead atoms. The molecule has 1 heterocycles. The van der Waals surface area contributed by atoms with E-state index >= 15 is 0 Å². The lowest BCUT2D eigenvalue weighted by molar-refractivity contribution is -0.118. The van der Waals surface area contributed by atoms with E-state index in [-0.39, 0.29) is 23.6 Å². The van der Waals surface area contributed by atoms with Gasteiger partial charge < -0.3 is 15.4 Å². The van der Waals surface area contributed by atoms with Crippen molar-refractivity contribution >= 4 is 52.1 Å². The molecule has 1 aliphatic heterocycles. The van der Waals surface area contributed by atoms with Crippen LogP contribution in [0.1, 0.15) is 5.56 Å². The van der Waals surface area contributed by atoms with Crippen LogP contribution in [0.5, 0.6) is 5.75 Å². The van der Waals surface area contributed by atoms with Crippen LogP contribution in [-0.2, 0) is 9.59 Å². The summed E-state index contributed by atoms with van der Waals surface area (Å²) in [4.78, 5) is 24.2. The summed E-state index contributed by atoms with van der Waals surface area (Å²) in [6.45, 7) is -0.183. The van der Waals surface area contributed by atoms with Crippen molar-refractivity contribution in [2.45, 2.75) is 0 Å². The molecule has 0 aromatic heterocycles. The molecule has 1 fully saturated rings. The minimum atomic E-state index is -0.324. The molecule has 0 saturated carbocycles. The number of nitrogens with one attached hydrogen (secondary N) is 3. The molecule has 3 N–H and O–H groups in total. The molecule has 0 spiro atoms. The molecule has 3 rings (SSSR count). The van der Waals surface area contributed by atoms with E-state index in [0.717, 1.165) is 11.8 Å². The highest BCUT2D eigenvalue weighted by Crippen LogP contribution is 2.28. The molecule has 0 radical (unpaired) electrons. The van der Waals surface area contributed by atoms with Crippen LogP contribution in [0.2, 0.25) is 5.02 Å². The summed E-state index contributed by atoms with van der Waals surface area (Å²) < 4.78 is 5.59. The summed E-state index contributed by atoms with van der Waals surface area (Å²) in [5.41, 5.74) is 1.27. The van der Waals surface area contributed by atoms with Gasteiger partial charge in [-0.1, -0.05) is 29.8 Å². The third-order valence-electron chi connectivity index (χ3n) is 3.36. The molecule has 2 aromatic rings. The van der Waals surface area contributed by atoms with Crippen LogP contribution in [0.3, 0.4) is 0 Å². The van der Waals surface area contributed by atoms with Crippen LogP contribution in [0.15, 0.2) is 53.4 Å². The molecule has 1 saturated heterocycles. The number of thioether (sulfide) groups is 1. The summed E-state index contributed by atoms with van der Waals surface area (Å²) in [5.74, 6) is -0.169. The number of halogens is 1. The maximum atomic E-state index is 12.0. The Morgan fingerprint density at radius 3 is 2.65 bits per heavy atom. The number of carbonyl (C=O) groups excluding carboxylic acids is 2. The fourth-order valence-corrected chi connectivity index (χ4v) is 3.01. The Morgan fingerprint density at radius 2 is 1.96 bits per heavy atom. The van der Waals surface area contributed by atoms with Gasteiger partial charge in [-0.25, -0.2) is 0 Å². The van der Waals surface area contributed by atoms with Gasteiger partial charge in [0.25, 0.3) is 11.8 Å². The zero-order valence-corrected chi connectivity index (χ0v) is 15.0. The minimum Gasteiger partial charge on any atom is -0.483 e. The quantitative estimate of drug-likeness (QED) is 0.685. The van der Waals surface area contributed by atoms with Crippen LogP contribution < -0.4 is 15.4 Å². The van der Waals surface area contributed by atoms with Gasteiger partial charge in [0.05, 0.1) is 4.91 Å². The normalized spacial score (nSPS) is 15.0. The highest BCUT2D eigenvalue weighted by Gasteiger charge is 2.22. The van der Waals surface area contributed by atoms with E-state index in [9.17, 15) is 9.59 Å². The van der Waals surface area contributed by atoms with Crippen molar-refractivity contribution in [2.24, 2.45) is 0 Å². The summed E-state index contributed by atoms with van der Waals surface area (Å²) in [6.07, 6.45) is 1.63. The molecule has 132 valence electrons. The first-order valence-electron chi connectivity index (χ1n) is 7.58. The molecule has 8 heteroatoms. The van der Waals surface area contributed by atoms with Crippen molar-refractivity contribution < 1.29 is 14.3 Å². The fraction of sp³-hybridized carbons (Fsp3) is 0.0556. The third-order valence-corrected chi connectivity index (χ3v) is 4.44. The zero-order chi connectivity index (χ0) is 18.5. The Morgan fingerprint density at radius 1 is 1.23 bits per heavy atom. The highest BCUT2D eigenvalue weighted by atomic mass is 35.5. The summed E-state index contributed by atoms with van der Waals surface area (Å²) >= 11 is 6.85. The number of carbonyl (C=O) groups is 2. The largest absolute Gasteiger partial charge is 0.483 e. The molecule has 2 amide bonds. The molecular weight excluding hydrogens is 374 g/mol. The van der Waals surface area contributed by atoms with E-state index in [1.165, 1.54) is 0 Å². The molecule has 6 nitrogen and oxygen atoms in total. The Hall–Kier alpha value is -2.77. The van der Waals surface area contributed by atoms with Gasteiger partial charge >= 0.3 is 0 Å². The van der Waals surface area contributed by atoms with Gasteiger partial charge in [0, 0.05) is 16.3 Å². The van der Waals surface area contributed by atoms with Crippen LogP contribution in [0.4, 0.5) is 5.69 Å². The van der Waals surface area contributed by atoms with Gasteiger partial charge in [0.2, 0.25) is 0 Å². The predicted molar refractivity (Wildman–Crippen MR) is 103 cm³/mol. The SMILES string of the molecule is N=C1NC(=O)C(=Cc2ccccc2OCC(=O)Nc2ccc(Cl)cc2)S1. The van der Waals surface area contributed by atoms with Gasteiger partial charge in [-0.2, -0.15) is 0 Å². The number of hydrogen-bond donors (Lipinski definition) is 3.